The molecule has 0 aliphatic rings. The summed E-state index contributed by atoms with van der Waals surface area (Å²) in [5, 5.41) is 0. The Bertz CT molecular complexity index is 1100. The number of esters is 2. The van der Waals surface area contributed by atoms with Gasteiger partial charge in [0.05, 0.1) is 28.8 Å². The van der Waals surface area contributed by atoms with Gasteiger partial charge in [0.1, 0.15) is 0 Å². The van der Waals surface area contributed by atoms with E-state index in [9.17, 15) is 22.8 Å². The van der Waals surface area contributed by atoms with E-state index in [4.69, 9.17) is 9.47 Å². The first-order chi connectivity index (χ1) is 13.4. The predicted octanol–water partition coefficient (Wildman–Crippen LogP) is 2.56. The molecule has 0 saturated carbocycles. The van der Waals surface area contributed by atoms with Crippen LogP contribution in [0.5, 0.6) is 0 Å². The molecule has 9 heteroatoms. The maximum atomic E-state index is 12.8. The van der Waals surface area contributed by atoms with E-state index >= 15 is 0 Å². The van der Waals surface area contributed by atoms with Gasteiger partial charge < -0.3 is 14.5 Å². The summed E-state index contributed by atoms with van der Waals surface area (Å²) in [5.41, 5.74) is 1.84. The summed E-state index contributed by atoms with van der Waals surface area (Å²) in [4.78, 5) is 40.0. The highest BCUT2D eigenvalue weighted by molar-refractivity contribution is 7.90. The fraction of sp³-hybridized carbons (Fsp3) is 0.350. The zero-order valence-electron chi connectivity index (χ0n) is 17.1. The molecule has 2 aromatic rings. The topological polar surface area (TPSA) is 120 Å². The number of methoxy groups -OCH3 is 1. The molecular formula is C20H23NO7S. The number of ketones is 1. The quantitative estimate of drug-likeness (QED) is 0.562. The third-order valence-electron chi connectivity index (χ3n) is 4.58. The number of rotatable bonds is 6. The van der Waals surface area contributed by atoms with Crippen LogP contribution in [-0.4, -0.2) is 50.6 Å². The largest absolute Gasteiger partial charge is 0.465 e. The third kappa shape index (κ3) is 4.56. The molecule has 0 aliphatic heterocycles. The second-order valence-electron chi connectivity index (χ2n) is 6.78. The summed E-state index contributed by atoms with van der Waals surface area (Å²) in [6, 6.07) is 4.12. The number of ether oxygens (including phenoxy) is 2. The van der Waals surface area contributed by atoms with Crippen LogP contribution in [0.3, 0.4) is 0 Å². The number of nitrogens with one attached hydrogen (secondary N) is 1. The summed E-state index contributed by atoms with van der Waals surface area (Å²) in [7, 11) is -2.26. The van der Waals surface area contributed by atoms with Crippen LogP contribution in [0.25, 0.3) is 0 Å². The number of H-pyrrole nitrogens is 1. The minimum atomic E-state index is -3.51. The van der Waals surface area contributed by atoms with Gasteiger partial charge in [-0.3, -0.25) is 4.79 Å². The van der Waals surface area contributed by atoms with Gasteiger partial charge in [0.15, 0.2) is 15.9 Å². The molecule has 1 atom stereocenters. The third-order valence-corrected chi connectivity index (χ3v) is 5.69. The van der Waals surface area contributed by atoms with Crippen molar-refractivity contribution in [2.24, 2.45) is 0 Å². The maximum absolute atomic E-state index is 12.8. The van der Waals surface area contributed by atoms with E-state index in [-0.39, 0.29) is 21.7 Å². The highest BCUT2D eigenvalue weighted by Crippen LogP contribution is 2.22. The summed E-state index contributed by atoms with van der Waals surface area (Å²) < 4.78 is 33.5. The second-order valence-corrected chi connectivity index (χ2v) is 8.79. The van der Waals surface area contributed by atoms with Gasteiger partial charge in [-0.1, -0.05) is 6.07 Å². The van der Waals surface area contributed by atoms with Crippen molar-refractivity contribution in [2.45, 2.75) is 38.7 Å². The van der Waals surface area contributed by atoms with Crippen molar-refractivity contribution in [3.63, 3.8) is 0 Å². The second kappa shape index (κ2) is 8.20. The molecule has 1 heterocycles. The van der Waals surface area contributed by atoms with Crippen LogP contribution in [0.4, 0.5) is 0 Å². The lowest BCUT2D eigenvalue weighted by atomic mass is 10.1. The molecular weight excluding hydrogens is 398 g/mol. The fourth-order valence-electron chi connectivity index (χ4n) is 2.94. The Hall–Kier alpha value is -2.94. The SMILES string of the molecule is COC(=O)c1c(C)[nH]c(C(=O)[C@@H](C)OC(=O)c2cc(S(C)(=O)=O)ccc2C)c1C. The molecule has 0 saturated heterocycles. The molecule has 0 spiro atoms. The van der Waals surface area contributed by atoms with E-state index in [2.05, 4.69) is 4.98 Å². The molecule has 2 rings (SSSR count). The van der Waals surface area contributed by atoms with Gasteiger partial charge >= 0.3 is 11.9 Å². The van der Waals surface area contributed by atoms with E-state index in [0.717, 1.165) is 6.26 Å². The van der Waals surface area contributed by atoms with Crippen LogP contribution < -0.4 is 0 Å². The van der Waals surface area contributed by atoms with Crippen LogP contribution in [0.1, 0.15) is 54.9 Å². The lowest BCUT2D eigenvalue weighted by molar-refractivity contribution is 0.0315. The van der Waals surface area contributed by atoms with Crippen molar-refractivity contribution in [1.82, 2.24) is 4.98 Å². The molecule has 8 nitrogen and oxygen atoms in total. The number of aromatic nitrogens is 1. The number of carbonyl (C=O) groups is 3. The van der Waals surface area contributed by atoms with Crippen molar-refractivity contribution in [2.75, 3.05) is 13.4 Å². The average molecular weight is 421 g/mol. The minimum Gasteiger partial charge on any atom is -0.465 e. The molecule has 1 aromatic carbocycles. The lowest BCUT2D eigenvalue weighted by Gasteiger charge is -2.14. The Morgan fingerprint density at radius 1 is 1.07 bits per heavy atom. The summed E-state index contributed by atoms with van der Waals surface area (Å²) in [6.07, 6.45) is -0.125. The van der Waals surface area contributed by atoms with Crippen molar-refractivity contribution in [3.05, 3.63) is 51.8 Å². The van der Waals surface area contributed by atoms with Gasteiger partial charge in [-0.15, -0.1) is 0 Å². The van der Waals surface area contributed by atoms with Crippen LogP contribution >= 0.6 is 0 Å². The van der Waals surface area contributed by atoms with Crippen LogP contribution in [0.15, 0.2) is 23.1 Å². The van der Waals surface area contributed by atoms with E-state index in [1.165, 1.54) is 32.2 Å². The molecule has 0 radical (unpaired) electrons. The molecule has 1 aromatic heterocycles. The molecule has 0 aliphatic carbocycles. The van der Waals surface area contributed by atoms with Gasteiger partial charge in [-0.25, -0.2) is 18.0 Å². The van der Waals surface area contributed by atoms with Gasteiger partial charge in [0.2, 0.25) is 5.78 Å². The normalized spacial score (nSPS) is 12.3. The number of aryl methyl sites for hydroxylation is 2. The van der Waals surface area contributed by atoms with E-state index in [1.54, 1.807) is 20.8 Å². The first-order valence-corrected chi connectivity index (χ1v) is 10.6. The van der Waals surface area contributed by atoms with Crippen molar-refractivity contribution in [1.29, 1.82) is 0 Å². The molecule has 0 amide bonds. The molecule has 156 valence electrons. The predicted molar refractivity (Wildman–Crippen MR) is 105 cm³/mol. The van der Waals surface area contributed by atoms with Gasteiger partial charge in [0, 0.05) is 11.9 Å². The van der Waals surface area contributed by atoms with Crippen LogP contribution in [0.2, 0.25) is 0 Å². The van der Waals surface area contributed by atoms with Crippen LogP contribution in [0, 0.1) is 20.8 Å². The fourth-order valence-corrected chi connectivity index (χ4v) is 3.58. The summed E-state index contributed by atoms with van der Waals surface area (Å²) in [5.74, 6) is -1.91. The molecule has 0 bridgehead atoms. The van der Waals surface area contributed by atoms with E-state index < -0.39 is 33.7 Å². The van der Waals surface area contributed by atoms with Gasteiger partial charge in [-0.05, 0) is 51.0 Å². The Morgan fingerprint density at radius 2 is 1.69 bits per heavy atom. The maximum Gasteiger partial charge on any atom is 0.339 e. The van der Waals surface area contributed by atoms with Crippen molar-refractivity contribution in [3.8, 4) is 0 Å². The zero-order valence-corrected chi connectivity index (χ0v) is 17.9. The number of carbonyl (C=O) groups excluding carboxylic acids is 3. The molecule has 1 N–H and O–H groups in total. The Balaban J connectivity index is 2.29. The number of hydrogen-bond acceptors (Lipinski definition) is 7. The first kappa shape index (κ1) is 22.4. The molecule has 29 heavy (non-hydrogen) atoms. The highest BCUT2D eigenvalue weighted by atomic mass is 32.2. The van der Waals surface area contributed by atoms with Gasteiger partial charge in [-0.2, -0.15) is 0 Å². The summed E-state index contributed by atoms with van der Waals surface area (Å²) >= 11 is 0. The monoisotopic (exact) mass is 421 g/mol. The number of sulfone groups is 1. The Kier molecular flexibility index (Phi) is 6.32. The smallest absolute Gasteiger partial charge is 0.339 e. The zero-order chi connectivity index (χ0) is 22.1. The van der Waals surface area contributed by atoms with Gasteiger partial charge in [0.25, 0.3) is 0 Å². The molecule has 0 fully saturated rings. The highest BCUT2D eigenvalue weighted by Gasteiger charge is 2.28. The number of Topliss-reactive ketones (excluding diaryl/α,β-unsaturated/α-hetero) is 1. The first-order valence-electron chi connectivity index (χ1n) is 8.71. The number of aromatic amines is 1. The van der Waals surface area contributed by atoms with E-state index in [1.807, 2.05) is 0 Å². The lowest BCUT2D eigenvalue weighted by Crippen LogP contribution is -2.26. The Morgan fingerprint density at radius 3 is 2.24 bits per heavy atom. The number of benzene rings is 1. The van der Waals surface area contributed by atoms with Crippen LogP contribution in [-0.2, 0) is 19.3 Å². The molecule has 0 unspecified atom stereocenters. The number of hydrogen-bond donors (Lipinski definition) is 1. The minimum absolute atomic E-state index is 0.0208. The van der Waals surface area contributed by atoms with E-state index in [0.29, 0.717) is 16.8 Å². The summed E-state index contributed by atoms with van der Waals surface area (Å²) in [6.45, 7) is 6.27. The Labute approximate surface area is 169 Å². The standard InChI is InChI=1S/C20H23NO7S/c1-10-7-8-14(29(6,25)26)9-15(10)19(23)28-13(4)18(22)17-11(2)16(12(3)21-17)20(24)27-5/h7-9,13,21H,1-6H3/t13-/m1/s1. The van der Waals surface area contributed by atoms with Crippen molar-refractivity contribution >= 4 is 27.6 Å². The average Bonchev–Trinajstić information content (AvgIpc) is 2.93. The van der Waals surface area contributed by atoms with Crippen molar-refractivity contribution < 1.29 is 32.3 Å².